The van der Waals surface area contributed by atoms with E-state index in [-0.39, 0.29) is 6.04 Å². The van der Waals surface area contributed by atoms with Crippen molar-refractivity contribution in [1.29, 1.82) is 0 Å². The van der Waals surface area contributed by atoms with Crippen molar-refractivity contribution in [3.63, 3.8) is 0 Å². The van der Waals surface area contributed by atoms with Crippen LogP contribution in [0.2, 0.25) is 0 Å². The monoisotopic (exact) mass is 209 g/mol. The molecule has 1 aliphatic heterocycles. The zero-order valence-corrected chi connectivity index (χ0v) is 9.32. The SMILES string of the molecule is CC1COCCN1C(=O)C1C2CCCC21. The molecule has 15 heavy (non-hydrogen) atoms. The highest BCUT2D eigenvalue weighted by atomic mass is 16.5. The van der Waals surface area contributed by atoms with E-state index in [1.54, 1.807) is 0 Å². The quantitative estimate of drug-likeness (QED) is 0.651. The molecule has 1 amide bonds. The Labute approximate surface area is 90.8 Å². The second-order valence-electron chi connectivity index (χ2n) is 5.24. The Morgan fingerprint density at radius 1 is 1.33 bits per heavy atom. The second kappa shape index (κ2) is 3.48. The Kier molecular flexibility index (Phi) is 2.23. The van der Waals surface area contributed by atoms with E-state index in [1.165, 1.54) is 19.3 Å². The molecule has 3 heteroatoms. The maximum absolute atomic E-state index is 12.3. The van der Waals surface area contributed by atoms with E-state index >= 15 is 0 Å². The minimum atomic E-state index is 0.285. The van der Waals surface area contributed by atoms with E-state index < -0.39 is 0 Å². The molecule has 0 aromatic rings. The molecule has 0 N–H and O–H groups in total. The molecule has 84 valence electrons. The van der Waals surface area contributed by atoms with Crippen molar-refractivity contribution in [3.05, 3.63) is 0 Å². The lowest BCUT2D eigenvalue weighted by Crippen LogP contribution is -2.48. The Bertz CT molecular complexity index is 269. The molecule has 3 nitrogen and oxygen atoms in total. The molecule has 0 aromatic carbocycles. The van der Waals surface area contributed by atoms with Crippen LogP contribution >= 0.6 is 0 Å². The third-order valence-corrected chi connectivity index (χ3v) is 4.34. The van der Waals surface area contributed by atoms with Gasteiger partial charge in [0.05, 0.1) is 19.3 Å². The molecule has 3 unspecified atom stereocenters. The molecule has 2 aliphatic carbocycles. The number of amides is 1. The smallest absolute Gasteiger partial charge is 0.226 e. The predicted octanol–water partition coefficient (Wildman–Crippen LogP) is 1.28. The van der Waals surface area contributed by atoms with Crippen LogP contribution in [0.5, 0.6) is 0 Å². The van der Waals surface area contributed by atoms with Gasteiger partial charge < -0.3 is 9.64 Å². The number of carbonyl (C=O) groups is 1. The average molecular weight is 209 g/mol. The summed E-state index contributed by atoms with van der Waals surface area (Å²) in [6.45, 7) is 4.33. The van der Waals surface area contributed by atoms with Crippen LogP contribution in [0, 0.1) is 17.8 Å². The number of hydrogen-bond donors (Lipinski definition) is 0. The first-order chi connectivity index (χ1) is 7.29. The molecule has 0 aromatic heterocycles. The Balaban J connectivity index is 1.64. The van der Waals surface area contributed by atoms with Gasteiger partial charge in [-0.25, -0.2) is 0 Å². The number of hydrogen-bond acceptors (Lipinski definition) is 2. The maximum atomic E-state index is 12.3. The maximum Gasteiger partial charge on any atom is 0.226 e. The van der Waals surface area contributed by atoms with Crippen LogP contribution in [0.3, 0.4) is 0 Å². The summed E-state index contributed by atoms with van der Waals surface area (Å²) >= 11 is 0. The van der Waals surface area contributed by atoms with Crippen molar-refractivity contribution in [2.75, 3.05) is 19.8 Å². The van der Waals surface area contributed by atoms with Crippen LogP contribution in [0.25, 0.3) is 0 Å². The summed E-state index contributed by atoms with van der Waals surface area (Å²) in [6.07, 6.45) is 3.93. The number of ether oxygens (including phenoxy) is 1. The molecule has 3 fully saturated rings. The van der Waals surface area contributed by atoms with Crippen molar-refractivity contribution >= 4 is 5.91 Å². The second-order valence-corrected chi connectivity index (χ2v) is 5.24. The van der Waals surface area contributed by atoms with Crippen molar-refractivity contribution in [3.8, 4) is 0 Å². The molecular formula is C12H19NO2. The van der Waals surface area contributed by atoms with E-state index in [0.29, 0.717) is 18.4 Å². The summed E-state index contributed by atoms with van der Waals surface area (Å²) in [6, 6.07) is 0.285. The highest BCUT2D eigenvalue weighted by Crippen LogP contribution is 2.58. The summed E-state index contributed by atoms with van der Waals surface area (Å²) in [7, 11) is 0. The lowest BCUT2D eigenvalue weighted by Gasteiger charge is -2.33. The zero-order chi connectivity index (χ0) is 10.4. The van der Waals surface area contributed by atoms with Gasteiger partial charge in [-0.2, -0.15) is 0 Å². The van der Waals surface area contributed by atoms with E-state index in [1.807, 2.05) is 4.90 Å². The first-order valence-corrected chi connectivity index (χ1v) is 6.17. The lowest BCUT2D eigenvalue weighted by molar-refractivity contribution is -0.141. The molecule has 0 bridgehead atoms. The Hall–Kier alpha value is -0.570. The fourth-order valence-corrected chi connectivity index (χ4v) is 3.43. The topological polar surface area (TPSA) is 29.5 Å². The van der Waals surface area contributed by atoms with Crippen molar-refractivity contribution in [2.45, 2.75) is 32.2 Å². The molecule has 3 rings (SSSR count). The van der Waals surface area contributed by atoms with Gasteiger partial charge in [-0.15, -0.1) is 0 Å². The molecule has 3 aliphatic rings. The third kappa shape index (κ3) is 1.48. The van der Waals surface area contributed by atoms with Gasteiger partial charge in [0.25, 0.3) is 0 Å². The fourth-order valence-electron chi connectivity index (χ4n) is 3.43. The number of nitrogens with zero attached hydrogens (tertiary/aromatic N) is 1. The van der Waals surface area contributed by atoms with Gasteiger partial charge in [0.15, 0.2) is 0 Å². The number of morpholine rings is 1. The van der Waals surface area contributed by atoms with Gasteiger partial charge in [0.2, 0.25) is 5.91 Å². The molecule has 1 saturated heterocycles. The van der Waals surface area contributed by atoms with Gasteiger partial charge in [-0.3, -0.25) is 4.79 Å². The highest BCUT2D eigenvalue weighted by molar-refractivity contribution is 5.83. The van der Waals surface area contributed by atoms with Crippen molar-refractivity contribution in [2.24, 2.45) is 17.8 Å². The minimum Gasteiger partial charge on any atom is -0.377 e. The molecule has 3 atom stereocenters. The standard InChI is InChI=1S/C12H19NO2/c1-8-7-15-6-5-13(8)12(14)11-9-3-2-4-10(9)11/h8-11H,2-7H2,1H3. The van der Waals surface area contributed by atoms with Crippen LogP contribution in [0.4, 0.5) is 0 Å². The Morgan fingerprint density at radius 2 is 2.07 bits per heavy atom. The van der Waals surface area contributed by atoms with E-state index in [2.05, 4.69) is 6.92 Å². The summed E-state index contributed by atoms with van der Waals surface area (Å²) in [4.78, 5) is 14.3. The first-order valence-electron chi connectivity index (χ1n) is 6.17. The van der Waals surface area contributed by atoms with Crippen LogP contribution in [0.15, 0.2) is 0 Å². The molecular weight excluding hydrogens is 190 g/mol. The molecule has 1 heterocycles. The molecule has 0 spiro atoms. The van der Waals surface area contributed by atoms with Gasteiger partial charge in [-0.1, -0.05) is 6.42 Å². The normalized spacial score (nSPS) is 43.9. The third-order valence-electron chi connectivity index (χ3n) is 4.34. The minimum absolute atomic E-state index is 0.285. The number of fused-ring (bicyclic) bond motifs is 1. The Morgan fingerprint density at radius 3 is 2.73 bits per heavy atom. The zero-order valence-electron chi connectivity index (χ0n) is 9.32. The number of carbonyl (C=O) groups excluding carboxylic acids is 1. The van der Waals surface area contributed by atoms with Crippen molar-refractivity contribution in [1.82, 2.24) is 4.90 Å². The lowest BCUT2D eigenvalue weighted by atomic mass is 10.1. The number of rotatable bonds is 1. The largest absolute Gasteiger partial charge is 0.377 e. The summed E-state index contributed by atoms with van der Waals surface area (Å²) in [5, 5.41) is 0. The predicted molar refractivity (Wildman–Crippen MR) is 56.3 cm³/mol. The first kappa shape index (κ1) is 9.64. The van der Waals surface area contributed by atoms with Crippen molar-refractivity contribution < 1.29 is 9.53 Å². The van der Waals surface area contributed by atoms with Gasteiger partial charge >= 0.3 is 0 Å². The van der Waals surface area contributed by atoms with Crippen LogP contribution < -0.4 is 0 Å². The fraction of sp³-hybridized carbons (Fsp3) is 0.917. The van der Waals surface area contributed by atoms with E-state index in [4.69, 9.17) is 4.74 Å². The van der Waals surface area contributed by atoms with Gasteiger partial charge in [-0.05, 0) is 31.6 Å². The van der Waals surface area contributed by atoms with Gasteiger partial charge in [0, 0.05) is 12.5 Å². The van der Waals surface area contributed by atoms with Gasteiger partial charge in [0.1, 0.15) is 0 Å². The van der Waals surface area contributed by atoms with E-state index in [9.17, 15) is 4.79 Å². The van der Waals surface area contributed by atoms with Crippen LogP contribution in [-0.4, -0.2) is 36.6 Å². The van der Waals surface area contributed by atoms with Crippen LogP contribution in [-0.2, 0) is 9.53 Å². The highest BCUT2D eigenvalue weighted by Gasteiger charge is 2.57. The summed E-state index contributed by atoms with van der Waals surface area (Å²) < 4.78 is 5.36. The molecule has 0 radical (unpaired) electrons. The van der Waals surface area contributed by atoms with E-state index in [0.717, 1.165) is 25.0 Å². The molecule has 2 saturated carbocycles. The summed E-state index contributed by atoms with van der Waals surface area (Å²) in [5.74, 6) is 2.29. The average Bonchev–Trinajstić information content (AvgIpc) is 2.72. The van der Waals surface area contributed by atoms with Crippen LogP contribution in [0.1, 0.15) is 26.2 Å². The summed E-state index contributed by atoms with van der Waals surface area (Å²) in [5.41, 5.74) is 0.